The molecule has 1 aromatic rings. The average molecular weight is 298 g/mol. The van der Waals surface area contributed by atoms with Crippen molar-refractivity contribution in [2.75, 3.05) is 13.6 Å². The lowest BCUT2D eigenvalue weighted by Gasteiger charge is -2.27. The van der Waals surface area contributed by atoms with Crippen molar-refractivity contribution >= 4 is 17.6 Å². The molecule has 1 unspecified atom stereocenters. The number of nitrogens with zero attached hydrogens (tertiary/aromatic N) is 1. The van der Waals surface area contributed by atoms with E-state index in [9.17, 15) is 4.79 Å². The standard InChI is InChI=1S/C16H24ClNO2/c1-12(13-7-5-8-14(17)11-13)18(4)10-6-9-16(2,3)15(19)20/h5,7-8,11-12H,6,9-10H2,1-4H3,(H,19,20). The van der Waals surface area contributed by atoms with Crippen LogP contribution >= 0.6 is 11.6 Å². The molecule has 0 fully saturated rings. The van der Waals surface area contributed by atoms with Crippen LogP contribution in [0.15, 0.2) is 24.3 Å². The summed E-state index contributed by atoms with van der Waals surface area (Å²) < 4.78 is 0. The van der Waals surface area contributed by atoms with Crippen LogP contribution in [-0.4, -0.2) is 29.6 Å². The molecule has 0 aliphatic rings. The Morgan fingerprint density at radius 2 is 2.10 bits per heavy atom. The van der Waals surface area contributed by atoms with Gasteiger partial charge in [0.15, 0.2) is 0 Å². The molecule has 0 saturated heterocycles. The predicted octanol–water partition coefficient (Wildman–Crippen LogP) is 4.22. The van der Waals surface area contributed by atoms with Crippen molar-refractivity contribution < 1.29 is 9.90 Å². The fourth-order valence-corrected chi connectivity index (χ4v) is 2.29. The first-order valence-corrected chi connectivity index (χ1v) is 7.31. The second-order valence-corrected chi connectivity index (χ2v) is 6.44. The molecule has 4 heteroatoms. The fourth-order valence-electron chi connectivity index (χ4n) is 2.09. The number of benzene rings is 1. The Labute approximate surface area is 126 Å². The van der Waals surface area contributed by atoms with Crippen molar-refractivity contribution in [3.05, 3.63) is 34.9 Å². The molecular weight excluding hydrogens is 274 g/mol. The van der Waals surface area contributed by atoms with Gasteiger partial charge in [0, 0.05) is 11.1 Å². The van der Waals surface area contributed by atoms with Crippen molar-refractivity contribution in [2.45, 2.75) is 39.7 Å². The third-order valence-electron chi connectivity index (χ3n) is 3.88. The molecule has 0 aliphatic carbocycles. The second-order valence-electron chi connectivity index (χ2n) is 6.00. The molecule has 20 heavy (non-hydrogen) atoms. The van der Waals surface area contributed by atoms with E-state index in [0.717, 1.165) is 18.0 Å². The van der Waals surface area contributed by atoms with Crippen LogP contribution in [0.1, 0.15) is 45.2 Å². The molecule has 0 amide bonds. The first kappa shape index (κ1) is 17.0. The first-order chi connectivity index (χ1) is 9.24. The van der Waals surface area contributed by atoms with Crippen molar-refractivity contribution in [3.8, 4) is 0 Å². The van der Waals surface area contributed by atoms with Gasteiger partial charge in [-0.2, -0.15) is 0 Å². The van der Waals surface area contributed by atoms with Crippen molar-refractivity contribution in [1.29, 1.82) is 0 Å². The number of hydrogen-bond donors (Lipinski definition) is 1. The molecule has 0 spiro atoms. The molecule has 0 radical (unpaired) electrons. The topological polar surface area (TPSA) is 40.5 Å². The van der Waals surface area contributed by atoms with E-state index in [-0.39, 0.29) is 6.04 Å². The molecule has 0 aromatic heterocycles. The van der Waals surface area contributed by atoms with E-state index in [1.54, 1.807) is 13.8 Å². The Hall–Kier alpha value is -1.06. The molecule has 0 aliphatic heterocycles. The van der Waals surface area contributed by atoms with Crippen molar-refractivity contribution in [3.63, 3.8) is 0 Å². The van der Waals surface area contributed by atoms with Crippen LogP contribution in [0, 0.1) is 5.41 Å². The Morgan fingerprint density at radius 3 is 2.65 bits per heavy atom. The van der Waals surface area contributed by atoms with Gasteiger partial charge in [-0.05, 0) is 64.9 Å². The molecule has 1 N–H and O–H groups in total. The molecular formula is C16H24ClNO2. The summed E-state index contributed by atoms with van der Waals surface area (Å²) in [7, 11) is 2.05. The molecule has 0 bridgehead atoms. The molecule has 1 atom stereocenters. The Kier molecular flexibility index (Phi) is 6.03. The highest BCUT2D eigenvalue weighted by molar-refractivity contribution is 6.30. The van der Waals surface area contributed by atoms with E-state index in [1.165, 1.54) is 5.56 Å². The lowest BCUT2D eigenvalue weighted by Crippen LogP contribution is -2.27. The van der Waals surface area contributed by atoms with Gasteiger partial charge in [0.05, 0.1) is 5.41 Å². The van der Waals surface area contributed by atoms with Gasteiger partial charge in [0.1, 0.15) is 0 Å². The molecule has 0 saturated carbocycles. The minimum Gasteiger partial charge on any atom is -0.481 e. The fraction of sp³-hybridized carbons (Fsp3) is 0.562. The quantitative estimate of drug-likeness (QED) is 0.819. The normalized spacial score (nSPS) is 13.5. The molecule has 1 rings (SSSR count). The predicted molar refractivity (Wildman–Crippen MR) is 83.1 cm³/mol. The smallest absolute Gasteiger partial charge is 0.309 e. The van der Waals surface area contributed by atoms with Gasteiger partial charge in [-0.25, -0.2) is 0 Å². The number of aliphatic carboxylic acids is 1. The maximum absolute atomic E-state index is 11.1. The Bertz CT molecular complexity index is 460. The van der Waals surface area contributed by atoms with Gasteiger partial charge in [-0.3, -0.25) is 9.69 Å². The number of carboxylic acids is 1. The number of halogens is 1. The van der Waals surface area contributed by atoms with Gasteiger partial charge in [0.25, 0.3) is 0 Å². The molecule has 3 nitrogen and oxygen atoms in total. The Morgan fingerprint density at radius 1 is 1.45 bits per heavy atom. The lowest BCUT2D eigenvalue weighted by atomic mass is 9.88. The summed E-state index contributed by atoms with van der Waals surface area (Å²) in [5.74, 6) is -0.733. The monoisotopic (exact) mass is 297 g/mol. The summed E-state index contributed by atoms with van der Waals surface area (Å²) in [5.41, 5.74) is 0.526. The van der Waals surface area contributed by atoms with Gasteiger partial charge >= 0.3 is 5.97 Å². The maximum atomic E-state index is 11.1. The second kappa shape index (κ2) is 7.09. The zero-order valence-electron chi connectivity index (χ0n) is 12.7. The van der Waals surface area contributed by atoms with Crippen molar-refractivity contribution in [2.24, 2.45) is 5.41 Å². The highest BCUT2D eigenvalue weighted by atomic mass is 35.5. The van der Waals surface area contributed by atoms with E-state index in [4.69, 9.17) is 16.7 Å². The average Bonchev–Trinajstić information content (AvgIpc) is 2.37. The summed E-state index contributed by atoms with van der Waals surface area (Å²) in [6.07, 6.45) is 1.54. The molecule has 112 valence electrons. The van der Waals surface area contributed by atoms with Gasteiger partial charge in [-0.15, -0.1) is 0 Å². The zero-order chi connectivity index (χ0) is 15.3. The first-order valence-electron chi connectivity index (χ1n) is 6.93. The van der Waals surface area contributed by atoms with Crippen LogP contribution in [0.25, 0.3) is 0 Å². The minimum absolute atomic E-state index is 0.265. The number of carboxylic acid groups (broad SMARTS) is 1. The van der Waals surface area contributed by atoms with E-state index < -0.39 is 11.4 Å². The van der Waals surface area contributed by atoms with Crippen LogP contribution < -0.4 is 0 Å². The molecule has 1 aromatic carbocycles. The highest BCUT2D eigenvalue weighted by Gasteiger charge is 2.26. The summed E-state index contributed by atoms with van der Waals surface area (Å²) in [6, 6.07) is 8.13. The van der Waals surface area contributed by atoms with Crippen LogP contribution in [0.4, 0.5) is 0 Å². The van der Waals surface area contributed by atoms with Crippen LogP contribution in [-0.2, 0) is 4.79 Å². The van der Waals surface area contributed by atoms with Gasteiger partial charge < -0.3 is 5.11 Å². The van der Waals surface area contributed by atoms with E-state index in [2.05, 4.69) is 24.9 Å². The Balaban J connectivity index is 2.51. The van der Waals surface area contributed by atoms with Crippen LogP contribution in [0.3, 0.4) is 0 Å². The molecule has 0 heterocycles. The van der Waals surface area contributed by atoms with Gasteiger partial charge in [-0.1, -0.05) is 23.7 Å². The van der Waals surface area contributed by atoms with Crippen LogP contribution in [0.2, 0.25) is 5.02 Å². The largest absolute Gasteiger partial charge is 0.481 e. The summed E-state index contributed by atoms with van der Waals surface area (Å²) >= 11 is 6.01. The SMILES string of the molecule is CC(c1cccc(Cl)c1)N(C)CCCC(C)(C)C(=O)O. The number of rotatable bonds is 7. The zero-order valence-corrected chi connectivity index (χ0v) is 13.4. The summed E-state index contributed by atoms with van der Waals surface area (Å²) in [6.45, 7) is 6.55. The van der Waals surface area contributed by atoms with Crippen LogP contribution in [0.5, 0.6) is 0 Å². The maximum Gasteiger partial charge on any atom is 0.309 e. The number of carbonyl (C=O) groups is 1. The lowest BCUT2D eigenvalue weighted by molar-refractivity contribution is -0.147. The van der Waals surface area contributed by atoms with Crippen molar-refractivity contribution in [1.82, 2.24) is 4.90 Å². The van der Waals surface area contributed by atoms with E-state index >= 15 is 0 Å². The summed E-state index contributed by atoms with van der Waals surface area (Å²) in [4.78, 5) is 13.3. The third kappa shape index (κ3) is 4.80. The number of hydrogen-bond acceptors (Lipinski definition) is 2. The van der Waals surface area contributed by atoms with E-state index in [0.29, 0.717) is 6.42 Å². The third-order valence-corrected chi connectivity index (χ3v) is 4.12. The summed E-state index contributed by atoms with van der Waals surface area (Å²) in [5, 5.41) is 9.84. The van der Waals surface area contributed by atoms with Gasteiger partial charge in [0.2, 0.25) is 0 Å². The highest BCUT2D eigenvalue weighted by Crippen LogP contribution is 2.25. The minimum atomic E-state index is -0.733. The van der Waals surface area contributed by atoms with E-state index in [1.807, 2.05) is 18.2 Å².